The summed E-state index contributed by atoms with van der Waals surface area (Å²) in [6.45, 7) is 0. The first kappa shape index (κ1) is 17.4. The van der Waals surface area contributed by atoms with E-state index < -0.39 is 0 Å². The molecule has 8 heteroatoms. The Bertz CT molecular complexity index is 886. The fraction of sp³-hybridized carbons (Fsp3) is 0. The van der Waals surface area contributed by atoms with Crippen molar-refractivity contribution in [3.05, 3.63) is 67.0 Å². The van der Waals surface area contributed by atoms with Gasteiger partial charge in [-0.05, 0) is 59.4 Å². The topological polar surface area (TPSA) is 95.0 Å². The van der Waals surface area contributed by atoms with Crippen molar-refractivity contribution in [2.24, 2.45) is 10.1 Å². The predicted octanol–water partition coefficient (Wildman–Crippen LogP) is 3.91. The number of aromatic nitrogens is 2. The average Bonchev–Trinajstić information content (AvgIpc) is 2.68. The SMILES string of the molecule is Nc1ccccc1OC=NOC=Nc1ccc(Sc2ncccn2)cc1. The maximum Gasteiger partial charge on any atom is 0.219 e. The number of benzene rings is 2. The van der Waals surface area contributed by atoms with Crippen molar-refractivity contribution in [3.63, 3.8) is 0 Å². The number of para-hydroxylation sites is 2. The highest BCUT2D eigenvalue weighted by Gasteiger charge is 1.99. The van der Waals surface area contributed by atoms with Crippen LogP contribution >= 0.6 is 11.8 Å². The van der Waals surface area contributed by atoms with Crippen LogP contribution in [0.2, 0.25) is 0 Å². The summed E-state index contributed by atoms with van der Waals surface area (Å²) in [6, 6.07) is 16.5. The maximum absolute atomic E-state index is 5.73. The number of rotatable bonds is 7. The van der Waals surface area contributed by atoms with E-state index in [0.29, 0.717) is 16.6 Å². The minimum atomic E-state index is 0.507. The van der Waals surface area contributed by atoms with Gasteiger partial charge in [0.1, 0.15) is 0 Å². The van der Waals surface area contributed by atoms with Crippen molar-refractivity contribution < 1.29 is 9.57 Å². The van der Waals surface area contributed by atoms with Gasteiger partial charge in [-0.3, -0.25) is 0 Å². The summed E-state index contributed by atoms with van der Waals surface area (Å²) < 4.78 is 5.24. The second-order valence-corrected chi connectivity index (χ2v) is 5.87. The van der Waals surface area contributed by atoms with E-state index in [2.05, 4.69) is 20.1 Å². The Hall–Kier alpha value is -3.39. The third-order valence-electron chi connectivity index (χ3n) is 3.04. The molecular formula is C18H15N5O2S. The van der Waals surface area contributed by atoms with Gasteiger partial charge in [0, 0.05) is 17.3 Å². The Kier molecular flexibility index (Phi) is 6.16. The van der Waals surface area contributed by atoms with E-state index in [4.69, 9.17) is 15.3 Å². The fourth-order valence-electron chi connectivity index (χ4n) is 1.85. The van der Waals surface area contributed by atoms with Gasteiger partial charge in [-0.2, -0.15) is 0 Å². The summed E-state index contributed by atoms with van der Waals surface area (Å²) in [5.41, 5.74) is 6.98. The predicted molar refractivity (Wildman–Crippen MR) is 102 cm³/mol. The lowest BCUT2D eigenvalue weighted by atomic mass is 10.3. The quantitative estimate of drug-likeness (QED) is 0.224. The normalized spacial score (nSPS) is 11.1. The minimum absolute atomic E-state index is 0.507. The molecule has 0 aliphatic heterocycles. The lowest BCUT2D eigenvalue weighted by Crippen LogP contribution is -1.95. The summed E-state index contributed by atoms with van der Waals surface area (Å²) in [4.78, 5) is 18.4. The van der Waals surface area contributed by atoms with E-state index in [1.54, 1.807) is 30.6 Å². The summed E-state index contributed by atoms with van der Waals surface area (Å²) in [5, 5.41) is 4.32. The molecule has 26 heavy (non-hydrogen) atoms. The summed E-state index contributed by atoms with van der Waals surface area (Å²) in [6.07, 6.45) is 5.79. The highest BCUT2D eigenvalue weighted by atomic mass is 32.2. The van der Waals surface area contributed by atoms with Gasteiger partial charge in [0.15, 0.2) is 10.9 Å². The van der Waals surface area contributed by atoms with E-state index in [-0.39, 0.29) is 0 Å². The molecular weight excluding hydrogens is 350 g/mol. The first-order valence-electron chi connectivity index (χ1n) is 7.57. The molecule has 0 amide bonds. The molecule has 0 bridgehead atoms. The van der Waals surface area contributed by atoms with Gasteiger partial charge >= 0.3 is 0 Å². The van der Waals surface area contributed by atoms with Crippen molar-refractivity contribution >= 4 is 35.9 Å². The Morgan fingerprint density at radius 1 is 0.923 bits per heavy atom. The number of hydrogen-bond acceptors (Lipinski definition) is 8. The number of nitrogens with two attached hydrogens (primary N) is 1. The summed E-state index contributed by atoms with van der Waals surface area (Å²) in [5.74, 6) is 0.507. The Morgan fingerprint density at radius 2 is 1.69 bits per heavy atom. The number of aliphatic imine (C=N–C) groups is 1. The maximum atomic E-state index is 5.73. The molecule has 0 aliphatic rings. The van der Waals surface area contributed by atoms with Gasteiger partial charge < -0.3 is 15.3 Å². The first-order chi connectivity index (χ1) is 12.8. The standard InChI is InChI=1S/C18H15N5O2S/c19-16-4-1-2-5-17(16)24-13-23-25-12-22-14-6-8-15(9-7-14)26-18-20-10-3-11-21-18/h1-13H,19H2. The highest BCUT2D eigenvalue weighted by Crippen LogP contribution is 2.25. The van der Waals surface area contributed by atoms with E-state index >= 15 is 0 Å². The fourth-order valence-corrected chi connectivity index (χ4v) is 2.56. The molecule has 0 fully saturated rings. The van der Waals surface area contributed by atoms with Gasteiger partial charge in [0.2, 0.25) is 12.8 Å². The molecule has 0 unspecified atom stereocenters. The molecule has 3 aromatic rings. The van der Waals surface area contributed by atoms with Crippen LogP contribution in [0.25, 0.3) is 0 Å². The van der Waals surface area contributed by atoms with Crippen LogP contribution in [0, 0.1) is 0 Å². The van der Waals surface area contributed by atoms with E-state index in [1.165, 1.54) is 18.2 Å². The molecule has 130 valence electrons. The Labute approximate surface area is 154 Å². The van der Waals surface area contributed by atoms with E-state index in [1.807, 2.05) is 36.4 Å². The van der Waals surface area contributed by atoms with Crippen LogP contribution in [0.5, 0.6) is 5.75 Å². The van der Waals surface area contributed by atoms with Crippen LogP contribution < -0.4 is 10.5 Å². The molecule has 0 atom stereocenters. The Morgan fingerprint density at radius 3 is 2.46 bits per heavy atom. The third-order valence-corrected chi connectivity index (χ3v) is 3.94. The van der Waals surface area contributed by atoms with Crippen molar-refractivity contribution in [2.45, 2.75) is 10.1 Å². The zero-order chi connectivity index (χ0) is 18.0. The van der Waals surface area contributed by atoms with Gasteiger partial charge in [0.25, 0.3) is 0 Å². The number of oxime groups is 1. The smallest absolute Gasteiger partial charge is 0.219 e. The van der Waals surface area contributed by atoms with Crippen LogP contribution in [0.4, 0.5) is 11.4 Å². The van der Waals surface area contributed by atoms with Crippen LogP contribution in [0.1, 0.15) is 0 Å². The first-order valence-corrected chi connectivity index (χ1v) is 8.39. The number of nitrogen functional groups attached to an aromatic ring is 1. The second kappa shape index (κ2) is 9.19. The van der Waals surface area contributed by atoms with Crippen LogP contribution in [-0.4, -0.2) is 22.8 Å². The lowest BCUT2D eigenvalue weighted by molar-refractivity contribution is 0.335. The zero-order valence-corrected chi connectivity index (χ0v) is 14.4. The molecule has 0 radical (unpaired) electrons. The zero-order valence-electron chi connectivity index (χ0n) is 13.6. The van der Waals surface area contributed by atoms with Gasteiger partial charge in [-0.1, -0.05) is 12.1 Å². The van der Waals surface area contributed by atoms with Crippen molar-refractivity contribution in [1.82, 2.24) is 9.97 Å². The molecule has 0 saturated heterocycles. The molecule has 3 rings (SSSR count). The molecule has 1 heterocycles. The molecule has 1 aromatic heterocycles. The van der Waals surface area contributed by atoms with Gasteiger partial charge in [-0.25, -0.2) is 15.0 Å². The van der Waals surface area contributed by atoms with E-state index in [0.717, 1.165) is 17.0 Å². The number of nitrogens with zero attached hydrogens (tertiary/aromatic N) is 4. The number of anilines is 1. The summed E-state index contributed by atoms with van der Waals surface area (Å²) >= 11 is 1.47. The number of ether oxygens (including phenoxy) is 1. The molecule has 0 aliphatic carbocycles. The second-order valence-electron chi connectivity index (χ2n) is 4.83. The molecule has 2 N–H and O–H groups in total. The van der Waals surface area contributed by atoms with Crippen molar-refractivity contribution in [1.29, 1.82) is 0 Å². The largest absolute Gasteiger partial charge is 0.440 e. The number of hydrogen-bond donors (Lipinski definition) is 1. The Balaban J connectivity index is 1.46. The van der Waals surface area contributed by atoms with Crippen LogP contribution in [0.15, 0.2) is 87.2 Å². The monoisotopic (exact) mass is 365 g/mol. The lowest BCUT2D eigenvalue weighted by Gasteiger charge is -2.01. The molecule has 0 spiro atoms. The minimum Gasteiger partial charge on any atom is -0.440 e. The molecule has 2 aromatic carbocycles. The van der Waals surface area contributed by atoms with E-state index in [9.17, 15) is 0 Å². The molecule has 7 nitrogen and oxygen atoms in total. The summed E-state index contributed by atoms with van der Waals surface area (Å²) in [7, 11) is 0. The van der Waals surface area contributed by atoms with Crippen molar-refractivity contribution in [3.8, 4) is 5.75 Å². The van der Waals surface area contributed by atoms with Crippen LogP contribution in [0.3, 0.4) is 0 Å². The average molecular weight is 365 g/mol. The third kappa shape index (κ3) is 5.32. The molecule has 0 saturated carbocycles. The van der Waals surface area contributed by atoms with Gasteiger partial charge in [0.05, 0.1) is 11.4 Å². The van der Waals surface area contributed by atoms with Crippen LogP contribution in [-0.2, 0) is 4.84 Å². The van der Waals surface area contributed by atoms with Gasteiger partial charge in [-0.15, -0.1) is 0 Å². The van der Waals surface area contributed by atoms with Crippen molar-refractivity contribution in [2.75, 3.05) is 5.73 Å². The highest BCUT2D eigenvalue weighted by molar-refractivity contribution is 7.99.